The smallest absolute Gasteiger partial charge is 0.220 e. The van der Waals surface area contributed by atoms with Gasteiger partial charge in [-0.2, -0.15) is 0 Å². The normalized spacial score (nSPS) is 28.1. The molecule has 1 aliphatic carbocycles. The molecule has 4 nitrogen and oxygen atoms in total. The van der Waals surface area contributed by atoms with Crippen LogP contribution in [0.4, 0.5) is 0 Å². The van der Waals surface area contributed by atoms with Crippen LogP contribution in [-0.4, -0.2) is 34.2 Å². The van der Waals surface area contributed by atoms with Gasteiger partial charge in [-0.3, -0.25) is 14.6 Å². The van der Waals surface area contributed by atoms with E-state index < -0.39 is 0 Å². The van der Waals surface area contributed by atoms with Crippen LogP contribution in [-0.2, 0) is 16.0 Å². The van der Waals surface area contributed by atoms with Gasteiger partial charge in [-0.05, 0) is 36.3 Å². The number of amides is 1. The number of carbonyl (C=O) groups excluding carboxylic acids is 2. The molecule has 4 heteroatoms. The molecule has 3 rings (SSSR count). The third-order valence-electron chi connectivity index (χ3n) is 4.27. The highest BCUT2D eigenvalue weighted by molar-refractivity contribution is 5.90. The zero-order chi connectivity index (χ0) is 13.4. The summed E-state index contributed by atoms with van der Waals surface area (Å²) >= 11 is 0. The average molecular weight is 258 g/mol. The van der Waals surface area contributed by atoms with Crippen molar-refractivity contribution in [1.29, 1.82) is 0 Å². The molecule has 1 saturated carbocycles. The van der Waals surface area contributed by atoms with Crippen molar-refractivity contribution in [3.05, 3.63) is 30.1 Å². The molecule has 1 aromatic rings. The standard InChI is InChI=1S/C15H18N2O2/c1-10(18)17-9-12-7-13(12)15(17)14(19)5-4-11-3-2-6-16-8-11/h2-3,6,8,12-13,15H,4-5,7,9H2,1H3/t12-,13-,15?/m1/s1. The maximum atomic E-state index is 12.4. The summed E-state index contributed by atoms with van der Waals surface area (Å²) in [6.45, 7) is 2.34. The number of aromatic nitrogens is 1. The van der Waals surface area contributed by atoms with Crippen molar-refractivity contribution in [2.24, 2.45) is 11.8 Å². The largest absolute Gasteiger partial charge is 0.332 e. The van der Waals surface area contributed by atoms with E-state index in [1.807, 2.05) is 12.1 Å². The molecule has 0 N–H and O–H groups in total. The van der Waals surface area contributed by atoms with Crippen molar-refractivity contribution in [3.63, 3.8) is 0 Å². The lowest BCUT2D eigenvalue weighted by Gasteiger charge is -2.25. The highest BCUT2D eigenvalue weighted by Gasteiger charge is 2.55. The molecule has 0 radical (unpaired) electrons. The van der Waals surface area contributed by atoms with Crippen LogP contribution in [0.15, 0.2) is 24.5 Å². The van der Waals surface area contributed by atoms with Crippen molar-refractivity contribution >= 4 is 11.7 Å². The Balaban J connectivity index is 1.62. The summed E-state index contributed by atoms with van der Waals surface area (Å²) in [5.74, 6) is 1.26. The number of piperidine rings is 1. The Kier molecular flexibility index (Phi) is 3.09. The molecule has 1 unspecified atom stereocenters. The summed E-state index contributed by atoms with van der Waals surface area (Å²) < 4.78 is 0. The number of ketones is 1. The fourth-order valence-electron chi connectivity index (χ4n) is 3.16. The van der Waals surface area contributed by atoms with E-state index in [9.17, 15) is 9.59 Å². The first kappa shape index (κ1) is 12.3. The third-order valence-corrected chi connectivity index (χ3v) is 4.27. The second-order valence-corrected chi connectivity index (χ2v) is 5.60. The molecule has 2 fully saturated rings. The number of pyridine rings is 1. The number of carbonyl (C=O) groups is 2. The SMILES string of the molecule is CC(=O)N1C[C@H]2C[C@H]2C1C(=O)CCc1cccnc1. The van der Waals surface area contributed by atoms with Crippen molar-refractivity contribution < 1.29 is 9.59 Å². The van der Waals surface area contributed by atoms with Gasteiger partial charge in [0.25, 0.3) is 0 Å². The summed E-state index contributed by atoms with van der Waals surface area (Å²) in [6, 6.07) is 3.71. The maximum absolute atomic E-state index is 12.4. The van der Waals surface area contributed by atoms with Gasteiger partial charge in [0.2, 0.25) is 5.91 Å². The van der Waals surface area contributed by atoms with Crippen molar-refractivity contribution in [2.45, 2.75) is 32.2 Å². The Labute approximate surface area is 112 Å². The van der Waals surface area contributed by atoms with Gasteiger partial charge in [-0.15, -0.1) is 0 Å². The second kappa shape index (κ2) is 4.76. The number of aryl methyl sites for hydroxylation is 1. The number of Topliss-reactive ketones (excluding diaryl/α,β-unsaturated/α-hetero) is 1. The highest BCUT2D eigenvalue weighted by atomic mass is 16.2. The van der Waals surface area contributed by atoms with Gasteiger partial charge in [0.15, 0.2) is 5.78 Å². The van der Waals surface area contributed by atoms with Gasteiger partial charge >= 0.3 is 0 Å². The predicted octanol–water partition coefficient (Wildman–Crippen LogP) is 1.45. The first-order valence-electron chi connectivity index (χ1n) is 6.85. The van der Waals surface area contributed by atoms with E-state index in [1.165, 1.54) is 0 Å². The molecular formula is C15H18N2O2. The number of rotatable bonds is 4. The molecule has 2 aliphatic rings. The van der Waals surface area contributed by atoms with E-state index in [4.69, 9.17) is 0 Å². The van der Waals surface area contributed by atoms with Gasteiger partial charge in [0, 0.05) is 32.3 Å². The Hall–Kier alpha value is -1.71. The lowest BCUT2D eigenvalue weighted by molar-refractivity contribution is -0.137. The summed E-state index contributed by atoms with van der Waals surface area (Å²) in [5, 5.41) is 0. The molecular weight excluding hydrogens is 240 g/mol. The first-order chi connectivity index (χ1) is 9.16. The quantitative estimate of drug-likeness (QED) is 0.821. The van der Waals surface area contributed by atoms with Crippen molar-refractivity contribution in [1.82, 2.24) is 9.88 Å². The summed E-state index contributed by atoms with van der Waals surface area (Å²) in [7, 11) is 0. The highest BCUT2D eigenvalue weighted by Crippen LogP contribution is 2.50. The Morgan fingerprint density at radius 2 is 2.32 bits per heavy atom. The zero-order valence-corrected chi connectivity index (χ0v) is 11.1. The van der Waals surface area contributed by atoms with E-state index in [-0.39, 0.29) is 17.7 Å². The molecule has 1 amide bonds. The molecule has 0 spiro atoms. The van der Waals surface area contributed by atoms with Gasteiger partial charge in [-0.25, -0.2) is 0 Å². The lowest BCUT2D eigenvalue weighted by Crippen LogP contribution is -2.42. The molecule has 1 aliphatic heterocycles. The zero-order valence-electron chi connectivity index (χ0n) is 11.1. The predicted molar refractivity (Wildman–Crippen MR) is 70.3 cm³/mol. The molecule has 100 valence electrons. The second-order valence-electron chi connectivity index (χ2n) is 5.60. The van der Waals surface area contributed by atoms with Gasteiger partial charge in [0.1, 0.15) is 0 Å². The molecule has 2 heterocycles. The van der Waals surface area contributed by atoms with Gasteiger partial charge < -0.3 is 4.90 Å². The first-order valence-corrected chi connectivity index (χ1v) is 6.85. The van der Waals surface area contributed by atoms with E-state index >= 15 is 0 Å². The topological polar surface area (TPSA) is 50.3 Å². The summed E-state index contributed by atoms with van der Waals surface area (Å²) in [6.07, 6.45) is 5.86. The summed E-state index contributed by atoms with van der Waals surface area (Å²) in [5.41, 5.74) is 1.08. The third kappa shape index (κ3) is 2.39. The molecule has 0 bridgehead atoms. The monoisotopic (exact) mass is 258 g/mol. The van der Waals surface area contributed by atoms with Crippen LogP contribution in [0.2, 0.25) is 0 Å². The summed E-state index contributed by atoms with van der Waals surface area (Å²) in [4.78, 5) is 29.7. The van der Waals surface area contributed by atoms with Crippen LogP contribution < -0.4 is 0 Å². The van der Waals surface area contributed by atoms with Gasteiger partial charge in [0.05, 0.1) is 6.04 Å². The number of hydrogen-bond donors (Lipinski definition) is 0. The molecule has 1 aromatic heterocycles. The van der Waals surface area contributed by atoms with E-state index in [2.05, 4.69) is 4.98 Å². The van der Waals surface area contributed by atoms with E-state index in [1.54, 1.807) is 24.2 Å². The Morgan fingerprint density at radius 3 is 3.00 bits per heavy atom. The number of likely N-dealkylation sites (tertiary alicyclic amines) is 1. The Bertz CT molecular complexity index is 500. The fourth-order valence-corrected chi connectivity index (χ4v) is 3.16. The van der Waals surface area contributed by atoms with Crippen LogP contribution in [0.1, 0.15) is 25.3 Å². The fraction of sp³-hybridized carbons (Fsp3) is 0.533. The minimum Gasteiger partial charge on any atom is -0.332 e. The van der Waals surface area contributed by atoms with Gasteiger partial charge in [-0.1, -0.05) is 6.07 Å². The number of hydrogen-bond acceptors (Lipinski definition) is 3. The molecule has 3 atom stereocenters. The van der Waals surface area contributed by atoms with E-state index in [0.717, 1.165) is 18.5 Å². The lowest BCUT2D eigenvalue weighted by atomic mass is 10.0. The minimum atomic E-state index is -0.154. The van der Waals surface area contributed by atoms with E-state index in [0.29, 0.717) is 24.7 Å². The average Bonchev–Trinajstić information content (AvgIpc) is 3.07. The van der Waals surface area contributed by atoms with Crippen LogP contribution in [0.3, 0.4) is 0 Å². The number of nitrogens with zero attached hydrogens (tertiary/aromatic N) is 2. The Morgan fingerprint density at radius 1 is 1.47 bits per heavy atom. The maximum Gasteiger partial charge on any atom is 0.220 e. The van der Waals surface area contributed by atoms with Crippen LogP contribution in [0, 0.1) is 11.8 Å². The van der Waals surface area contributed by atoms with Crippen molar-refractivity contribution in [3.8, 4) is 0 Å². The van der Waals surface area contributed by atoms with Crippen molar-refractivity contribution in [2.75, 3.05) is 6.54 Å². The molecule has 19 heavy (non-hydrogen) atoms. The molecule has 1 saturated heterocycles. The number of fused-ring (bicyclic) bond motifs is 1. The van der Waals surface area contributed by atoms with Crippen LogP contribution in [0.25, 0.3) is 0 Å². The van der Waals surface area contributed by atoms with Crippen LogP contribution in [0.5, 0.6) is 0 Å². The van der Waals surface area contributed by atoms with Crippen LogP contribution >= 0.6 is 0 Å². The molecule has 0 aromatic carbocycles. The minimum absolute atomic E-state index is 0.0342.